The lowest BCUT2D eigenvalue weighted by atomic mass is 10.2. The van der Waals surface area contributed by atoms with E-state index in [9.17, 15) is 9.90 Å². The van der Waals surface area contributed by atoms with Crippen LogP contribution in [-0.2, 0) is 0 Å². The van der Waals surface area contributed by atoms with Gasteiger partial charge >= 0.3 is 0 Å². The van der Waals surface area contributed by atoms with Crippen molar-refractivity contribution in [2.45, 2.75) is 0 Å². The quantitative estimate of drug-likeness (QED) is 0.657. The Balaban J connectivity index is 1.73. The van der Waals surface area contributed by atoms with Gasteiger partial charge in [-0.2, -0.15) is 5.10 Å². The Hall–Kier alpha value is -3.22. The summed E-state index contributed by atoms with van der Waals surface area (Å²) in [5.74, 6) is 0.562. The highest BCUT2D eigenvalue weighted by molar-refractivity contribution is 5.86. The predicted molar refractivity (Wildman–Crippen MR) is 86.0 cm³/mol. The first-order chi connectivity index (χ1) is 11.7. The van der Waals surface area contributed by atoms with Gasteiger partial charge in [-0.25, -0.2) is 0 Å². The highest BCUT2D eigenvalue weighted by Gasteiger charge is 2.17. The van der Waals surface area contributed by atoms with E-state index < -0.39 is 5.97 Å². The maximum absolute atomic E-state index is 10.7. The number of carboxylic acid groups (broad SMARTS) is 1. The van der Waals surface area contributed by atoms with Crippen molar-refractivity contribution in [3.8, 4) is 17.2 Å². The van der Waals surface area contributed by atoms with Crippen LogP contribution in [0.15, 0.2) is 41.5 Å². The second kappa shape index (κ2) is 6.91. The monoisotopic (exact) mass is 327 g/mol. The van der Waals surface area contributed by atoms with Gasteiger partial charge in [-0.1, -0.05) is 12.1 Å². The molecule has 0 fully saturated rings. The first-order valence-corrected chi connectivity index (χ1v) is 7.25. The van der Waals surface area contributed by atoms with Crippen LogP contribution in [-0.4, -0.2) is 32.5 Å². The third-order valence-electron chi connectivity index (χ3n) is 3.38. The van der Waals surface area contributed by atoms with Crippen LogP contribution in [0, 0.1) is 0 Å². The third-order valence-corrected chi connectivity index (χ3v) is 3.38. The molecule has 0 radical (unpaired) electrons. The molecule has 2 aromatic carbocycles. The number of ether oxygens (including phenoxy) is 3. The summed E-state index contributed by atoms with van der Waals surface area (Å²) < 4.78 is 16.4. The highest BCUT2D eigenvalue weighted by atomic mass is 16.6. The Morgan fingerprint density at radius 3 is 2.71 bits per heavy atom. The summed E-state index contributed by atoms with van der Waals surface area (Å²) in [5.41, 5.74) is 4.36. The number of carbonyl (C=O) groups is 1. The summed E-state index contributed by atoms with van der Waals surface area (Å²) in [6.07, 6.45) is 1.60. The Kier molecular flexibility index (Phi) is 4.51. The normalized spacial score (nSPS) is 12.9. The van der Waals surface area contributed by atoms with E-state index in [1.54, 1.807) is 37.6 Å². The standard InChI is InChI=1S/C17H16N2O5/c1-22-14-8-11(9-15-16(14)24-7-6-23-15)10-18-19-13-4-2-12(3-5-13)17(20)21/h2-5,8-10,19H,6-7H2,1H3,(H,20,21)/p-1/b18-10-. The SMILES string of the molecule is COc1cc(/C=N\Nc2ccc(C(=O)[O-])cc2)cc2c1OCCO2. The van der Waals surface area contributed by atoms with E-state index in [-0.39, 0.29) is 5.56 Å². The smallest absolute Gasteiger partial charge is 0.203 e. The number of anilines is 1. The molecule has 1 aliphatic heterocycles. The average Bonchev–Trinajstić information content (AvgIpc) is 2.61. The maximum atomic E-state index is 10.7. The van der Waals surface area contributed by atoms with Crippen LogP contribution < -0.4 is 24.7 Å². The summed E-state index contributed by atoms with van der Waals surface area (Å²) in [6.45, 7) is 0.972. The molecule has 7 heteroatoms. The van der Waals surface area contributed by atoms with Gasteiger partial charge in [0.2, 0.25) is 5.75 Å². The predicted octanol–water partition coefficient (Wildman–Crippen LogP) is 1.28. The third kappa shape index (κ3) is 3.40. The summed E-state index contributed by atoms with van der Waals surface area (Å²) in [4.78, 5) is 10.7. The molecule has 0 aliphatic carbocycles. The first kappa shape index (κ1) is 15.7. The highest BCUT2D eigenvalue weighted by Crippen LogP contribution is 2.39. The number of carboxylic acids is 1. The summed E-state index contributed by atoms with van der Waals surface area (Å²) in [5, 5.41) is 14.8. The zero-order valence-electron chi connectivity index (χ0n) is 12.9. The molecular formula is C17H15N2O5-. The fourth-order valence-electron chi connectivity index (χ4n) is 2.23. The number of fused-ring (bicyclic) bond motifs is 1. The van der Waals surface area contributed by atoms with Crippen LogP contribution in [0.2, 0.25) is 0 Å². The lowest BCUT2D eigenvalue weighted by Gasteiger charge is -2.20. The Labute approximate surface area is 138 Å². The van der Waals surface area contributed by atoms with Gasteiger partial charge in [0.15, 0.2) is 11.5 Å². The Morgan fingerprint density at radius 1 is 1.25 bits per heavy atom. The molecule has 0 saturated heterocycles. The number of hydrazone groups is 1. The molecule has 0 saturated carbocycles. The van der Waals surface area contributed by atoms with Crippen LogP contribution >= 0.6 is 0 Å². The van der Waals surface area contributed by atoms with Gasteiger partial charge in [0.25, 0.3) is 0 Å². The minimum Gasteiger partial charge on any atom is -0.545 e. The van der Waals surface area contributed by atoms with Crippen molar-refractivity contribution in [2.24, 2.45) is 5.10 Å². The van der Waals surface area contributed by atoms with Gasteiger partial charge in [-0.3, -0.25) is 5.43 Å². The fourth-order valence-corrected chi connectivity index (χ4v) is 2.23. The van der Waals surface area contributed by atoms with E-state index in [0.29, 0.717) is 36.1 Å². The number of hydrogen-bond acceptors (Lipinski definition) is 7. The maximum Gasteiger partial charge on any atom is 0.203 e. The van der Waals surface area contributed by atoms with Gasteiger partial charge in [0.05, 0.1) is 25.0 Å². The van der Waals surface area contributed by atoms with Crippen molar-refractivity contribution in [3.63, 3.8) is 0 Å². The molecule has 24 heavy (non-hydrogen) atoms. The molecule has 1 heterocycles. The number of aromatic carboxylic acids is 1. The van der Waals surface area contributed by atoms with E-state index in [1.807, 2.05) is 0 Å². The van der Waals surface area contributed by atoms with Gasteiger partial charge in [-0.15, -0.1) is 0 Å². The van der Waals surface area contributed by atoms with E-state index in [2.05, 4.69) is 10.5 Å². The van der Waals surface area contributed by atoms with Crippen LogP contribution in [0.1, 0.15) is 15.9 Å². The average molecular weight is 327 g/mol. The number of nitrogens with zero attached hydrogens (tertiary/aromatic N) is 1. The van der Waals surface area contributed by atoms with Crippen LogP contribution in [0.5, 0.6) is 17.2 Å². The van der Waals surface area contributed by atoms with Crippen molar-refractivity contribution >= 4 is 17.9 Å². The molecule has 0 spiro atoms. The van der Waals surface area contributed by atoms with Crippen molar-refractivity contribution in [3.05, 3.63) is 47.5 Å². The van der Waals surface area contributed by atoms with Gasteiger partial charge < -0.3 is 24.1 Å². The molecule has 1 N–H and O–H groups in total. The molecule has 7 nitrogen and oxygen atoms in total. The number of carbonyl (C=O) groups excluding carboxylic acids is 1. The van der Waals surface area contributed by atoms with Crippen LogP contribution in [0.4, 0.5) is 5.69 Å². The molecular weight excluding hydrogens is 312 g/mol. The molecule has 3 rings (SSSR count). The summed E-state index contributed by atoms with van der Waals surface area (Å²) in [6, 6.07) is 9.69. The van der Waals surface area contributed by atoms with Crippen molar-refractivity contribution in [2.75, 3.05) is 25.7 Å². The second-order valence-electron chi connectivity index (χ2n) is 4.98. The van der Waals surface area contributed by atoms with E-state index in [4.69, 9.17) is 14.2 Å². The number of rotatable bonds is 5. The minimum absolute atomic E-state index is 0.112. The lowest BCUT2D eigenvalue weighted by Crippen LogP contribution is -2.21. The minimum atomic E-state index is -1.21. The lowest BCUT2D eigenvalue weighted by molar-refractivity contribution is -0.255. The molecule has 0 unspecified atom stereocenters. The molecule has 0 aromatic heterocycles. The van der Waals surface area contributed by atoms with Gasteiger partial charge in [-0.05, 0) is 29.8 Å². The van der Waals surface area contributed by atoms with Gasteiger partial charge in [0, 0.05) is 5.56 Å². The van der Waals surface area contributed by atoms with E-state index >= 15 is 0 Å². The topological polar surface area (TPSA) is 92.2 Å². The summed E-state index contributed by atoms with van der Waals surface area (Å²) >= 11 is 0. The van der Waals surface area contributed by atoms with Gasteiger partial charge in [0.1, 0.15) is 13.2 Å². The molecule has 1 aliphatic rings. The van der Waals surface area contributed by atoms with Crippen LogP contribution in [0.25, 0.3) is 0 Å². The Bertz CT molecular complexity index is 754. The van der Waals surface area contributed by atoms with E-state index in [0.717, 1.165) is 5.56 Å². The fraction of sp³-hybridized carbons (Fsp3) is 0.176. The zero-order chi connectivity index (χ0) is 16.9. The molecule has 0 amide bonds. The summed E-state index contributed by atoms with van der Waals surface area (Å²) in [7, 11) is 1.56. The number of hydrogen-bond donors (Lipinski definition) is 1. The number of methoxy groups -OCH3 is 1. The van der Waals surface area contributed by atoms with Crippen molar-refractivity contribution < 1.29 is 24.1 Å². The molecule has 124 valence electrons. The van der Waals surface area contributed by atoms with Crippen LogP contribution in [0.3, 0.4) is 0 Å². The number of benzene rings is 2. The molecule has 0 bridgehead atoms. The largest absolute Gasteiger partial charge is 0.545 e. The molecule has 2 aromatic rings. The van der Waals surface area contributed by atoms with Crippen molar-refractivity contribution in [1.29, 1.82) is 0 Å². The molecule has 0 atom stereocenters. The zero-order valence-corrected chi connectivity index (χ0v) is 12.9. The first-order valence-electron chi connectivity index (χ1n) is 7.25. The Morgan fingerprint density at radius 2 is 2.00 bits per heavy atom. The number of nitrogens with one attached hydrogen (secondary N) is 1. The van der Waals surface area contributed by atoms with Crippen molar-refractivity contribution in [1.82, 2.24) is 0 Å². The second-order valence-corrected chi connectivity index (χ2v) is 4.98. The van der Waals surface area contributed by atoms with E-state index in [1.165, 1.54) is 12.1 Å².